The normalized spacial score (nSPS) is 16.7. The van der Waals surface area contributed by atoms with Crippen LogP contribution in [0.3, 0.4) is 0 Å². The number of amides is 4. The van der Waals surface area contributed by atoms with Gasteiger partial charge in [0.1, 0.15) is 29.8 Å². The van der Waals surface area contributed by atoms with Crippen molar-refractivity contribution in [3.05, 3.63) is 71.8 Å². The third kappa shape index (κ3) is 6.25. The highest BCUT2D eigenvalue weighted by atomic mass is 35.5. The maximum atomic E-state index is 14.0. The number of likely N-dealkylation sites (tertiary alicyclic amines) is 1. The first kappa shape index (κ1) is 29.1. The molecule has 1 fully saturated rings. The zero-order valence-electron chi connectivity index (χ0n) is 22.8. The molecule has 1 saturated heterocycles. The van der Waals surface area contributed by atoms with E-state index in [9.17, 15) is 23.6 Å². The second kappa shape index (κ2) is 12.6. The van der Waals surface area contributed by atoms with Crippen LogP contribution < -0.4 is 16.4 Å². The molecule has 220 valence electrons. The smallest absolute Gasteiger partial charge is 0.246 e. The van der Waals surface area contributed by atoms with Crippen molar-refractivity contribution in [2.45, 2.75) is 50.2 Å². The van der Waals surface area contributed by atoms with Crippen molar-refractivity contribution in [2.24, 2.45) is 5.73 Å². The lowest BCUT2D eigenvalue weighted by Crippen LogP contribution is -2.60. The van der Waals surface area contributed by atoms with E-state index in [4.69, 9.17) is 17.3 Å². The number of carbonyl (C=O) groups excluding carboxylic acids is 4. The molecular weight excluding hydrogens is 563 g/mol. The lowest BCUT2D eigenvalue weighted by molar-refractivity contribution is -0.145. The Bertz CT molecular complexity index is 1630. The lowest BCUT2D eigenvalue weighted by atomic mass is 9.97. The number of carbonyl (C=O) groups is 4. The zero-order chi connectivity index (χ0) is 29.8. The number of para-hydroxylation sites is 1. The molecular formula is C30H32ClFN6O4. The van der Waals surface area contributed by atoms with Gasteiger partial charge in [0.05, 0.1) is 0 Å². The SMILES string of the molecule is NC(=O)[C@H](Cc1c[nH]c2ccccc12)NC(=O)[C@@H]1CCCCN1C(=O)[C@H](Cc1c[nH]c2ccc(F)cc12)NC(=O)CCl. The number of halogens is 2. The van der Waals surface area contributed by atoms with E-state index in [1.165, 1.54) is 17.0 Å². The Morgan fingerprint density at radius 1 is 0.952 bits per heavy atom. The molecule has 2 aromatic heterocycles. The van der Waals surface area contributed by atoms with Gasteiger partial charge in [0.25, 0.3) is 0 Å². The largest absolute Gasteiger partial charge is 0.368 e. The topological polar surface area (TPSA) is 153 Å². The van der Waals surface area contributed by atoms with Crippen LogP contribution in [-0.4, -0.2) is 69.0 Å². The van der Waals surface area contributed by atoms with Gasteiger partial charge in [-0.2, -0.15) is 0 Å². The monoisotopic (exact) mass is 594 g/mol. The fourth-order valence-electron chi connectivity index (χ4n) is 5.65. The van der Waals surface area contributed by atoms with Gasteiger partial charge in [-0.3, -0.25) is 19.2 Å². The van der Waals surface area contributed by atoms with Crippen molar-refractivity contribution in [1.82, 2.24) is 25.5 Å². The molecule has 0 spiro atoms. The third-order valence-electron chi connectivity index (χ3n) is 7.76. The molecule has 0 bridgehead atoms. The number of benzene rings is 2. The fourth-order valence-corrected chi connectivity index (χ4v) is 5.73. The standard InChI is InChI=1S/C30H32ClFN6O4/c31-14-27(39)36-25(12-18-16-35-23-9-8-19(32)13-21(18)23)30(42)38-10-4-3-7-26(38)29(41)37-24(28(33)40)11-17-15-34-22-6-2-1-5-20(17)22/h1-2,5-6,8-9,13,15-16,24-26,34-35H,3-4,7,10-12,14H2,(H2,33,40)(H,36,39)(H,37,41)/t24-,25-,26-/m0/s1. The summed E-state index contributed by atoms with van der Waals surface area (Å²) in [4.78, 5) is 59.9. The Hall–Kier alpha value is -4.38. The van der Waals surface area contributed by atoms with Gasteiger partial charge >= 0.3 is 0 Å². The van der Waals surface area contributed by atoms with E-state index in [-0.39, 0.29) is 25.3 Å². The van der Waals surface area contributed by atoms with Crippen LogP contribution in [0.25, 0.3) is 21.8 Å². The summed E-state index contributed by atoms with van der Waals surface area (Å²) in [6.45, 7) is 0.288. The van der Waals surface area contributed by atoms with Gasteiger partial charge in [-0.1, -0.05) is 18.2 Å². The van der Waals surface area contributed by atoms with Crippen LogP contribution in [0.5, 0.6) is 0 Å². The summed E-state index contributed by atoms with van der Waals surface area (Å²) in [5.74, 6) is -2.99. The Morgan fingerprint density at radius 3 is 2.38 bits per heavy atom. The average Bonchev–Trinajstić information content (AvgIpc) is 3.59. The van der Waals surface area contributed by atoms with Crippen molar-refractivity contribution in [3.8, 4) is 0 Å². The molecule has 0 unspecified atom stereocenters. The Morgan fingerprint density at radius 2 is 1.64 bits per heavy atom. The van der Waals surface area contributed by atoms with Gasteiger partial charge in [-0.05, 0) is 54.7 Å². The molecule has 0 saturated carbocycles. The second-order valence-electron chi connectivity index (χ2n) is 10.5. The van der Waals surface area contributed by atoms with E-state index < -0.39 is 47.6 Å². The van der Waals surface area contributed by atoms with Gasteiger partial charge in [0.15, 0.2) is 0 Å². The van der Waals surface area contributed by atoms with Crippen molar-refractivity contribution < 1.29 is 23.6 Å². The molecule has 3 heterocycles. The van der Waals surface area contributed by atoms with Crippen LogP contribution in [0.15, 0.2) is 54.9 Å². The average molecular weight is 595 g/mol. The molecule has 4 aromatic rings. The van der Waals surface area contributed by atoms with Crippen LogP contribution in [0.1, 0.15) is 30.4 Å². The van der Waals surface area contributed by atoms with Crippen molar-refractivity contribution >= 4 is 57.0 Å². The van der Waals surface area contributed by atoms with Gasteiger partial charge in [0.2, 0.25) is 23.6 Å². The van der Waals surface area contributed by atoms with E-state index >= 15 is 0 Å². The van der Waals surface area contributed by atoms with Crippen LogP contribution in [-0.2, 0) is 32.0 Å². The maximum Gasteiger partial charge on any atom is 0.246 e. The third-order valence-corrected chi connectivity index (χ3v) is 8.00. The van der Waals surface area contributed by atoms with E-state index in [2.05, 4.69) is 20.6 Å². The van der Waals surface area contributed by atoms with Crippen LogP contribution in [0, 0.1) is 5.82 Å². The predicted octanol–water partition coefficient (Wildman–Crippen LogP) is 2.65. The fraction of sp³-hybridized carbons (Fsp3) is 0.333. The highest BCUT2D eigenvalue weighted by Gasteiger charge is 2.37. The number of alkyl halides is 1. The number of nitrogens with one attached hydrogen (secondary N) is 4. The molecule has 10 nitrogen and oxygen atoms in total. The number of rotatable bonds is 10. The first-order chi connectivity index (χ1) is 20.2. The zero-order valence-corrected chi connectivity index (χ0v) is 23.5. The van der Waals surface area contributed by atoms with Gasteiger partial charge in [-0.25, -0.2) is 4.39 Å². The molecule has 1 aliphatic heterocycles. The molecule has 3 atom stereocenters. The minimum atomic E-state index is -1.05. The molecule has 12 heteroatoms. The highest BCUT2D eigenvalue weighted by Crippen LogP contribution is 2.24. The quantitative estimate of drug-likeness (QED) is 0.179. The summed E-state index contributed by atoms with van der Waals surface area (Å²) in [7, 11) is 0. The van der Waals surface area contributed by atoms with Crippen LogP contribution in [0.2, 0.25) is 0 Å². The number of nitrogens with zero attached hydrogens (tertiary/aromatic N) is 1. The summed E-state index contributed by atoms with van der Waals surface area (Å²) < 4.78 is 14.0. The second-order valence-corrected chi connectivity index (χ2v) is 10.8. The Labute approximate surface area is 246 Å². The van der Waals surface area contributed by atoms with Gasteiger partial charge < -0.3 is 31.2 Å². The number of fused-ring (bicyclic) bond motifs is 2. The number of H-pyrrole nitrogens is 2. The minimum absolute atomic E-state index is 0.0558. The number of aromatic amines is 2. The maximum absolute atomic E-state index is 14.0. The molecule has 5 rings (SSSR count). The summed E-state index contributed by atoms with van der Waals surface area (Å²) in [5, 5.41) is 6.94. The van der Waals surface area contributed by atoms with E-state index in [1.807, 2.05) is 24.3 Å². The van der Waals surface area contributed by atoms with Crippen molar-refractivity contribution in [1.29, 1.82) is 0 Å². The summed E-state index contributed by atoms with van der Waals surface area (Å²) in [6.07, 6.45) is 5.43. The first-order valence-electron chi connectivity index (χ1n) is 13.8. The first-order valence-corrected chi connectivity index (χ1v) is 14.3. The molecule has 0 aliphatic carbocycles. The summed E-state index contributed by atoms with van der Waals surface area (Å²) in [5.41, 5.74) is 8.72. The molecule has 0 radical (unpaired) electrons. The number of primary amides is 1. The van der Waals surface area contributed by atoms with Crippen LogP contribution in [0.4, 0.5) is 4.39 Å². The molecule has 4 amide bonds. The van der Waals surface area contributed by atoms with Crippen LogP contribution >= 0.6 is 11.6 Å². The Balaban J connectivity index is 1.36. The number of hydrogen-bond acceptors (Lipinski definition) is 4. The minimum Gasteiger partial charge on any atom is -0.368 e. The van der Waals surface area contributed by atoms with E-state index in [1.54, 1.807) is 18.5 Å². The van der Waals surface area contributed by atoms with Gasteiger partial charge in [0, 0.05) is 53.6 Å². The molecule has 42 heavy (non-hydrogen) atoms. The molecule has 2 aromatic carbocycles. The molecule has 1 aliphatic rings. The van der Waals surface area contributed by atoms with Crippen molar-refractivity contribution in [3.63, 3.8) is 0 Å². The number of piperidine rings is 1. The highest BCUT2D eigenvalue weighted by molar-refractivity contribution is 6.27. The number of aromatic nitrogens is 2. The van der Waals surface area contributed by atoms with Gasteiger partial charge in [-0.15, -0.1) is 11.6 Å². The number of nitrogens with two attached hydrogens (primary N) is 1. The summed E-state index contributed by atoms with van der Waals surface area (Å²) >= 11 is 5.74. The number of hydrogen-bond donors (Lipinski definition) is 5. The summed E-state index contributed by atoms with van der Waals surface area (Å²) in [6, 6.07) is 8.98. The van der Waals surface area contributed by atoms with Crippen molar-refractivity contribution in [2.75, 3.05) is 12.4 Å². The molecule has 6 N–H and O–H groups in total. The lowest BCUT2D eigenvalue weighted by Gasteiger charge is -2.37. The Kier molecular flexibility index (Phi) is 8.77. The van der Waals surface area contributed by atoms with E-state index in [0.29, 0.717) is 35.7 Å². The van der Waals surface area contributed by atoms with E-state index in [0.717, 1.165) is 16.5 Å². The predicted molar refractivity (Wildman–Crippen MR) is 157 cm³/mol.